The summed E-state index contributed by atoms with van der Waals surface area (Å²) < 4.78 is 0. The Bertz CT molecular complexity index is 709. The van der Waals surface area contributed by atoms with Crippen LogP contribution < -0.4 is 5.32 Å². The highest BCUT2D eigenvalue weighted by molar-refractivity contribution is 5.95. The molecular weight excluding hydrogens is 286 g/mol. The second-order valence-electron chi connectivity index (χ2n) is 6.17. The lowest BCUT2D eigenvalue weighted by molar-refractivity contribution is 0.0948. The van der Waals surface area contributed by atoms with E-state index in [0.717, 1.165) is 25.7 Å². The van der Waals surface area contributed by atoms with Crippen molar-refractivity contribution in [2.24, 2.45) is 0 Å². The highest BCUT2D eigenvalue weighted by Gasteiger charge is 2.19. The Morgan fingerprint density at radius 2 is 1.96 bits per heavy atom. The first-order valence-electron chi connectivity index (χ1n) is 8.36. The van der Waals surface area contributed by atoms with Gasteiger partial charge in [-0.2, -0.15) is 0 Å². The van der Waals surface area contributed by atoms with Crippen LogP contribution in [0.2, 0.25) is 0 Å². The van der Waals surface area contributed by atoms with Crippen molar-refractivity contribution in [2.75, 3.05) is 6.54 Å². The first-order chi connectivity index (χ1) is 11.2. The molecule has 0 fully saturated rings. The minimum absolute atomic E-state index is 0.0326. The molecule has 0 saturated carbocycles. The number of aliphatic hydroxyl groups is 1. The maximum absolute atomic E-state index is 12.3. The van der Waals surface area contributed by atoms with Gasteiger partial charge >= 0.3 is 0 Å². The van der Waals surface area contributed by atoms with Crippen LogP contribution in [0.1, 0.15) is 47.7 Å². The second kappa shape index (κ2) is 6.97. The molecule has 0 bridgehead atoms. The maximum Gasteiger partial charge on any atom is 0.251 e. The van der Waals surface area contributed by atoms with E-state index in [2.05, 4.69) is 35.6 Å². The number of aliphatic hydroxyl groups excluding tert-OH is 1. The van der Waals surface area contributed by atoms with Crippen LogP contribution in [0.4, 0.5) is 0 Å². The van der Waals surface area contributed by atoms with Crippen LogP contribution in [0.15, 0.2) is 42.5 Å². The van der Waals surface area contributed by atoms with Crippen molar-refractivity contribution < 1.29 is 9.90 Å². The predicted octanol–water partition coefficient (Wildman–Crippen LogP) is 3.54. The fraction of sp³-hybridized carbons (Fsp3) is 0.350. The van der Waals surface area contributed by atoms with Crippen molar-refractivity contribution in [3.63, 3.8) is 0 Å². The van der Waals surface area contributed by atoms with Crippen LogP contribution in [0.5, 0.6) is 0 Å². The van der Waals surface area contributed by atoms with E-state index in [4.69, 9.17) is 0 Å². The molecule has 1 aliphatic rings. The number of hydrogen-bond donors (Lipinski definition) is 2. The van der Waals surface area contributed by atoms with Crippen molar-refractivity contribution in [3.05, 3.63) is 59.2 Å². The summed E-state index contributed by atoms with van der Waals surface area (Å²) in [5, 5.41) is 12.5. The number of amides is 1. The smallest absolute Gasteiger partial charge is 0.251 e. The maximum atomic E-state index is 12.3. The second-order valence-corrected chi connectivity index (χ2v) is 6.17. The Morgan fingerprint density at radius 1 is 1.17 bits per heavy atom. The molecule has 23 heavy (non-hydrogen) atoms. The van der Waals surface area contributed by atoms with Gasteiger partial charge in [0, 0.05) is 12.1 Å². The molecule has 1 atom stereocenters. The van der Waals surface area contributed by atoms with Gasteiger partial charge in [0.2, 0.25) is 0 Å². The zero-order chi connectivity index (χ0) is 16.2. The van der Waals surface area contributed by atoms with Gasteiger partial charge in [-0.3, -0.25) is 4.79 Å². The largest absolute Gasteiger partial charge is 0.393 e. The number of rotatable bonds is 6. The van der Waals surface area contributed by atoms with Crippen LogP contribution in [-0.4, -0.2) is 23.7 Å². The summed E-state index contributed by atoms with van der Waals surface area (Å²) in [7, 11) is 0. The fourth-order valence-corrected chi connectivity index (χ4v) is 3.13. The quantitative estimate of drug-likeness (QED) is 0.684. The Balaban J connectivity index is 1.62. The van der Waals surface area contributed by atoms with Gasteiger partial charge in [-0.25, -0.2) is 0 Å². The summed E-state index contributed by atoms with van der Waals surface area (Å²) in [6, 6.07) is 14.4. The molecule has 2 N–H and O–H groups in total. The first kappa shape index (κ1) is 15.8. The number of carbonyl (C=O) groups is 1. The number of benzene rings is 2. The third-order valence-electron chi connectivity index (χ3n) is 4.53. The van der Waals surface area contributed by atoms with Crippen molar-refractivity contribution >= 4 is 5.91 Å². The third-order valence-corrected chi connectivity index (χ3v) is 4.53. The van der Waals surface area contributed by atoms with Crippen LogP contribution in [0.3, 0.4) is 0 Å². The van der Waals surface area contributed by atoms with Crippen molar-refractivity contribution in [1.29, 1.82) is 0 Å². The van der Waals surface area contributed by atoms with E-state index in [1.54, 1.807) is 0 Å². The van der Waals surface area contributed by atoms with Gasteiger partial charge in [0.05, 0.1) is 6.10 Å². The lowest BCUT2D eigenvalue weighted by Gasteiger charge is -2.09. The topological polar surface area (TPSA) is 49.3 Å². The summed E-state index contributed by atoms with van der Waals surface area (Å²) in [4.78, 5) is 12.3. The van der Waals surface area contributed by atoms with Gasteiger partial charge in [0.15, 0.2) is 0 Å². The lowest BCUT2D eigenvalue weighted by atomic mass is 10.0. The number of carbonyl (C=O) groups excluding carboxylic acids is 1. The molecule has 3 nitrogen and oxygen atoms in total. The minimum Gasteiger partial charge on any atom is -0.393 e. The van der Waals surface area contributed by atoms with Crippen molar-refractivity contribution in [1.82, 2.24) is 5.32 Å². The van der Waals surface area contributed by atoms with E-state index in [9.17, 15) is 9.90 Å². The first-order valence-corrected chi connectivity index (χ1v) is 8.36. The van der Waals surface area contributed by atoms with E-state index >= 15 is 0 Å². The van der Waals surface area contributed by atoms with Crippen LogP contribution >= 0.6 is 0 Å². The molecular formula is C20H23NO2. The van der Waals surface area contributed by atoms with Crippen LogP contribution in [-0.2, 0) is 6.42 Å². The molecule has 2 aromatic rings. The molecule has 0 unspecified atom stereocenters. The predicted molar refractivity (Wildman–Crippen MR) is 92.5 cm³/mol. The SMILES string of the molecule is CC[C@@H](O)CCCNC(=O)c1ccc2c(c1)Cc1ccccc1-2. The van der Waals surface area contributed by atoms with Crippen LogP contribution in [0, 0.1) is 0 Å². The standard InChI is InChI=1S/C20H23NO2/c1-2-17(22)7-5-11-21-20(23)15-9-10-19-16(13-15)12-14-6-3-4-8-18(14)19/h3-4,6,8-10,13,17,22H,2,5,7,11-12H2,1H3,(H,21,23)/t17-/m1/s1. The Hall–Kier alpha value is -2.13. The highest BCUT2D eigenvalue weighted by Crippen LogP contribution is 2.36. The van der Waals surface area contributed by atoms with E-state index in [-0.39, 0.29) is 12.0 Å². The third kappa shape index (κ3) is 3.45. The molecule has 0 aromatic heterocycles. The van der Waals surface area contributed by atoms with E-state index < -0.39 is 0 Å². The molecule has 0 spiro atoms. The van der Waals surface area contributed by atoms with Crippen molar-refractivity contribution in [3.8, 4) is 11.1 Å². The Labute approximate surface area is 137 Å². The van der Waals surface area contributed by atoms with E-state index in [1.165, 1.54) is 22.3 Å². The Kier molecular flexibility index (Phi) is 4.77. The molecule has 0 radical (unpaired) electrons. The van der Waals surface area contributed by atoms with Gasteiger partial charge in [-0.1, -0.05) is 37.3 Å². The normalized spacial score (nSPS) is 13.3. The number of hydrogen-bond acceptors (Lipinski definition) is 2. The monoisotopic (exact) mass is 309 g/mol. The summed E-state index contributed by atoms with van der Waals surface area (Å²) in [6.07, 6.45) is 2.94. The molecule has 0 aliphatic heterocycles. The number of fused-ring (bicyclic) bond motifs is 3. The van der Waals surface area contributed by atoms with Crippen molar-refractivity contribution in [2.45, 2.75) is 38.7 Å². The molecule has 3 heteroatoms. The van der Waals surface area contributed by atoms with Gasteiger partial charge < -0.3 is 10.4 Å². The van der Waals surface area contributed by atoms with Gasteiger partial charge in [0.1, 0.15) is 0 Å². The summed E-state index contributed by atoms with van der Waals surface area (Å²) in [6.45, 7) is 2.57. The molecule has 3 rings (SSSR count). The molecule has 120 valence electrons. The van der Waals surface area contributed by atoms with Gasteiger partial charge in [-0.15, -0.1) is 0 Å². The summed E-state index contributed by atoms with van der Waals surface area (Å²) >= 11 is 0. The molecule has 1 aliphatic carbocycles. The minimum atomic E-state index is -0.259. The fourth-order valence-electron chi connectivity index (χ4n) is 3.13. The highest BCUT2D eigenvalue weighted by atomic mass is 16.3. The molecule has 0 saturated heterocycles. The van der Waals surface area contributed by atoms with Crippen LogP contribution in [0.25, 0.3) is 11.1 Å². The van der Waals surface area contributed by atoms with Gasteiger partial charge in [0.25, 0.3) is 5.91 Å². The molecule has 2 aromatic carbocycles. The van der Waals surface area contributed by atoms with Gasteiger partial charge in [-0.05, 0) is 60.1 Å². The Morgan fingerprint density at radius 3 is 2.78 bits per heavy atom. The molecule has 1 amide bonds. The molecule has 0 heterocycles. The average Bonchev–Trinajstić information content (AvgIpc) is 2.95. The average molecular weight is 309 g/mol. The van der Waals surface area contributed by atoms with E-state index in [1.807, 2.05) is 19.1 Å². The zero-order valence-corrected chi connectivity index (χ0v) is 13.5. The zero-order valence-electron chi connectivity index (χ0n) is 13.5. The summed E-state index contributed by atoms with van der Waals surface area (Å²) in [5.74, 6) is -0.0326. The van der Waals surface area contributed by atoms with E-state index in [0.29, 0.717) is 12.1 Å². The summed E-state index contributed by atoms with van der Waals surface area (Å²) in [5.41, 5.74) is 5.78. The lowest BCUT2D eigenvalue weighted by Crippen LogP contribution is -2.25. The number of nitrogens with one attached hydrogen (secondary N) is 1.